The monoisotopic (exact) mass is 299 g/mol. The summed E-state index contributed by atoms with van der Waals surface area (Å²) >= 11 is 0. The van der Waals surface area contributed by atoms with Crippen molar-refractivity contribution in [1.82, 2.24) is 10.6 Å². The molecular weight excluding hydrogens is 278 g/mol. The van der Waals surface area contributed by atoms with Crippen molar-refractivity contribution >= 4 is 15.9 Å². The van der Waals surface area contributed by atoms with E-state index in [1.807, 2.05) is 13.8 Å². The molecule has 1 amide bonds. The van der Waals surface area contributed by atoms with Gasteiger partial charge in [-0.2, -0.15) is 0 Å². The lowest BCUT2D eigenvalue weighted by Crippen LogP contribution is -2.34. The van der Waals surface area contributed by atoms with Crippen LogP contribution >= 0.6 is 0 Å². The van der Waals surface area contributed by atoms with Gasteiger partial charge >= 0.3 is 0 Å². The highest BCUT2D eigenvalue weighted by Crippen LogP contribution is 2.08. The second-order valence-electron chi connectivity index (χ2n) is 4.62. The van der Waals surface area contributed by atoms with E-state index in [2.05, 4.69) is 10.6 Å². The Kier molecular flexibility index (Phi) is 6.12. The van der Waals surface area contributed by atoms with Crippen molar-refractivity contribution in [3.63, 3.8) is 0 Å². The van der Waals surface area contributed by atoms with Crippen molar-refractivity contribution in [3.05, 3.63) is 29.8 Å². The number of primary sulfonamides is 1. The minimum absolute atomic E-state index is 0.0403. The first kappa shape index (κ1) is 16.6. The van der Waals surface area contributed by atoms with Crippen LogP contribution in [0.1, 0.15) is 19.4 Å². The summed E-state index contributed by atoms with van der Waals surface area (Å²) < 4.78 is 22.2. The maximum Gasteiger partial charge on any atom is 0.238 e. The number of nitrogens with two attached hydrogens (primary N) is 1. The number of rotatable bonds is 7. The van der Waals surface area contributed by atoms with Gasteiger partial charge in [-0.25, -0.2) is 13.6 Å². The normalized spacial score (nSPS) is 12.9. The number of nitrogens with one attached hydrogen (secondary N) is 2. The van der Waals surface area contributed by atoms with Crippen molar-refractivity contribution in [2.75, 3.05) is 13.1 Å². The summed E-state index contributed by atoms with van der Waals surface area (Å²) in [6.45, 7) is 5.65. The molecule has 0 bridgehead atoms. The standard InChI is InChI=1S/C13H21N3O3S/c1-3-15-8-10(2)13(17)16-9-11-4-6-12(7-5-11)20(14,18)19/h4-7,10,15H,3,8-9H2,1-2H3,(H,16,17)(H2,14,18,19). The molecule has 0 saturated carbocycles. The number of hydrogen-bond acceptors (Lipinski definition) is 4. The van der Waals surface area contributed by atoms with E-state index >= 15 is 0 Å². The maximum atomic E-state index is 11.8. The second-order valence-corrected chi connectivity index (χ2v) is 6.18. The summed E-state index contributed by atoms with van der Waals surface area (Å²) in [5, 5.41) is 10.9. The second kappa shape index (κ2) is 7.37. The fraction of sp³-hybridized carbons (Fsp3) is 0.462. The quantitative estimate of drug-likeness (QED) is 0.669. The van der Waals surface area contributed by atoms with Gasteiger partial charge in [-0.3, -0.25) is 4.79 Å². The highest BCUT2D eigenvalue weighted by molar-refractivity contribution is 7.89. The van der Waals surface area contributed by atoms with Crippen molar-refractivity contribution in [3.8, 4) is 0 Å². The topological polar surface area (TPSA) is 101 Å². The van der Waals surface area contributed by atoms with Crippen LogP contribution in [0.5, 0.6) is 0 Å². The Hall–Kier alpha value is -1.44. The molecule has 0 aromatic heterocycles. The van der Waals surface area contributed by atoms with Crippen LogP contribution in [0.15, 0.2) is 29.2 Å². The zero-order chi connectivity index (χ0) is 15.2. The average Bonchev–Trinajstić information content (AvgIpc) is 2.41. The van der Waals surface area contributed by atoms with Crippen LogP contribution in [-0.2, 0) is 21.4 Å². The molecule has 1 aromatic rings. The van der Waals surface area contributed by atoms with Gasteiger partial charge < -0.3 is 10.6 Å². The molecule has 1 rings (SSSR count). The van der Waals surface area contributed by atoms with E-state index in [1.165, 1.54) is 12.1 Å². The van der Waals surface area contributed by atoms with Crippen LogP contribution in [0.25, 0.3) is 0 Å². The molecule has 0 radical (unpaired) electrons. The molecule has 112 valence electrons. The summed E-state index contributed by atoms with van der Waals surface area (Å²) in [7, 11) is -3.67. The molecule has 1 aromatic carbocycles. The fourth-order valence-electron chi connectivity index (χ4n) is 1.61. The molecule has 0 aliphatic heterocycles. The molecule has 0 heterocycles. The van der Waals surface area contributed by atoms with Crippen LogP contribution in [-0.4, -0.2) is 27.4 Å². The number of benzene rings is 1. The Morgan fingerprint density at radius 3 is 2.40 bits per heavy atom. The molecule has 0 saturated heterocycles. The van der Waals surface area contributed by atoms with E-state index in [-0.39, 0.29) is 16.7 Å². The van der Waals surface area contributed by atoms with Gasteiger partial charge in [-0.15, -0.1) is 0 Å². The van der Waals surface area contributed by atoms with Gasteiger partial charge in [0, 0.05) is 19.0 Å². The summed E-state index contributed by atoms with van der Waals surface area (Å²) in [4.78, 5) is 11.8. The molecular formula is C13H21N3O3S. The third-order valence-corrected chi connectivity index (χ3v) is 3.80. The Morgan fingerprint density at radius 1 is 1.30 bits per heavy atom. The predicted molar refractivity (Wildman–Crippen MR) is 77.4 cm³/mol. The molecule has 1 atom stereocenters. The van der Waals surface area contributed by atoms with Crippen LogP contribution in [0, 0.1) is 5.92 Å². The Morgan fingerprint density at radius 2 is 1.90 bits per heavy atom. The van der Waals surface area contributed by atoms with Gasteiger partial charge in [0.25, 0.3) is 0 Å². The molecule has 7 heteroatoms. The Balaban J connectivity index is 2.52. The van der Waals surface area contributed by atoms with E-state index in [0.29, 0.717) is 13.1 Å². The first-order valence-electron chi connectivity index (χ1n) is 6.44. The lowest BCUT2D eigenvalue weighted by Gasteiger charge is -2.12. The van der Waals surface area contributed by atoms with Crippen molar-refractivity contribution in [1.29, 1.82) is 0 Å². The summed E-state index contributed by atoms with van der Waals surface area (Å²) in [5.74, 6) is -0.153. The van der Waals surface area contributed by atoms with Gasteiger partial charge in [0.2, 0.25) is 15.9 Å². The zero-order valence-electron chi connectivity index (χ0n) is 11.7. The van der Waals surface area contributed by atoms with Crippen LogP contribution in [0.2, 0.25) is 0 Å². The van der Waals surface area contributed by atoms with Gasteiger partial charge in [-0.05, 0) is 24.2 Å². The smallest absolute Gasteiger partial charge is 0.238 e. The van der Waals surface area contributed by atoms with E-state index in [1.54, 1.807) is 12.1 Å². The van der Waals surface area contributed by atoms with Crippen molar-refractivity contribution in [2.24, 2.45) is 11.1 Å². The minimum Gasteiger partial charge on any atom is -0.352 e. The molecule has 0 aliphatic rings. The molecule has 6 nitrogen and oxygen atoms in total. The lowest BCUT2D eigenvalue weighted by molar-refractivity contribution is -0.124. The average molecular weight is 299 g/mol. The predicted octanol–water partition coefficient (Wildman–Crippen LogP) is 0.196. The van der Waals surface area contributed by atoms with Crippen molar-refractivity contribution < 1.29 is 13.2 Å². The van der Waals surface area contributed by atoms with Crippen LogP contribution < -0.4 is 15.8 Å². The molecule has 1 unspecified atom stereocenters. The van der Waals surface area contributed by atoms with Gasteiger partial charge in [0.05, 0.1) is 4.90 Å². The number of hydrogen-bond donors (Lipinski definition) is 3. The van der Waals surface area contributed by atoms with Crippen LogP contribution in [0.4, 0.5) is 0 Å². The molecule has 4 N–H and O–H groups in total. The summed E-state index contributed by atoms with van der Waals surface area (Å²) in [6.07, 6.45) is 0. The third kappa shape index (κ3) is 5.28. The molecule has 0 aliphatic carbocycles. The maximum absolute atomic E-state index is 11.8. The number of carbonyl (C=O) groups is 1. The number of sulfonamides is 1. The summed E-state index contributed by atoms with van der Waals surface area (Å²) in [6, 6.07) is 6.13. The number of carbonyl (C=O) groups excluding carboxylic acids is 1. The van der Waals surface area contributed by atoms with Crippen LogP contribution in [0.3, 0.4) is 0 Å². The van der Waals surface area contributed by atoms with E-state index in [9.17, 15) is 13.2 Å². The van der Waals surface area contributed by atoms with Gasteiger partial charge in [0.15, 0.2) is 0 Å². The van der Waals surface area contributed by atoms with Gasteiger partial charge in [-0.1, -0.05) is 26.0 Å². The SMILES string of the molecule is CCNCC(C)C(=O)NCc1ccc(S(N)(=O)=O)cc1. The Bertz CT molecular complexity index is 540. The first-order valence-corrected chi connectivity index (χ1v) is 7.99. The van der Waals surface area contributed by atoms with Gasteiger partial charge in [0.1, 0.15) is 0 Å². The van der Waals surface area contributed by atoms with E-state index in [0.717, 1.165) is 12.1 Å². The minimum atomic E-state index is -3.67. The zero-order valence-corrected chi connectivity index (χ0v) is 12.5. The molecule has 0 spiro atoms. The highest BCUT2D eigenvalue weighted by Gasteiger charge is 2.12. The summed E-state index contributed by atoms with van der Waals surface area (Å²) in [5.41, 5.74) is 0.821. The Labute approximate surface area is 119 Å². The lowest BCUT2D eigenvalue weighted by atomic mass is 10.1. The fourth-order valence-corrected chi connectivity index (χ4v) is 2.13. The van der Waals surface area contributed by atoms with E-state index in [4.69, 9.17) is 5.14 Å². The van der Waals surface area contributed by atoms with Crippen molar-refractivity contribution in [2.45, 2.75) is 25.3 Å². The van der Waals surface area contributed by atoms with E-state index < -0.39 is 10.0 Å². The third-order valence-electron chi connectivity index (χ3n) is 2.87. The highest BCUT2D eigenvalue weighted by atomic mass is 32.2. The largest absolute Gasteiger partial charge is 0.352 e. The number of amides is 1. The molecule has 20 heavy (non-hydrogen) atoms. The molecule has 0 fully saturated rings. The first-order chi connectivity index (χ1) is 9.34.